The first-order chi connectivity index (χ1) is 21.0. The number of rotatable bonds is 7. The van der Waals surface area contributed by atoms with Gasteiger partial charge in [0.05, 0.1) is 19.4 Å². The number of alkyl halides is 3. The van der Waals surface area contributed by atoms with Gasteiger partial charge in [0.1, 0.15) is 10.6 Å². The Morgan fingerprint density at radius 1 is 1.09 bits per heavy atom. The Morgan fingerprint density at radius 2 is 1.76 bits per heavy atom. The molecule has 0 spiro atoms. The van der Waals surface area contributed by atoms with Crippen LogP contribution in [0.2, 0.25) is 10.3 Å². The van der Waals surface area contributed by atoms with Crippen molar-refractivity contribution in [1.29, 1.82) is 0 Å². The highest BCUT2D eigenvalue weighted by Crippen LogP contribution is 2.31. The zero-order chi connectivity index (χ0) is 33.4. The van der Waals surface area contributed by atoms with Gasteiger partial charge < -0.3 is 24.8 Å². The van der Waals surface area contributed by atoms with Gasteiger partial charge in [0.25, 0.3) is 0 Å². The third-order valence-electron chi connectivity index (χ3n) is 6.24. The van der Waals surface area contributed by atoms with Gasteiger partial charge in [-0.25, -0.2) is 14.6 Å². The number of carboxylic acids is 1. The van der Waals surface area contributed by atoms with E-state index in [2.05, 4.69) is 49.8 Å². The first kappa shape index (κ1) is 35.7. The quantitative estimate of drug-likeness (QED) is 0.220. The fourth-order valence-corrected chi connectivity index (χ4v) is 4.51. The molecule has 0 atom stereocenters. The third-order valence-corrected chi connectivity index (χ3v) is 6.70. The van der Waals surface area contributed by atoms with Gasteiger partial charge >= 0.3 is 18.2 Å². The van der Waals surface area contributed by atoms with Crippen LogP contribution < -0.4 is 15.5 Å². The highest BCUT2D eigenvalue weighted by molar-refractivity contribution is 6.33. The van der Waals surface area contributed by atoms with Crippen molar-refractivity contribution in [2.24, 2.45) is 0 Å². The third kappa shape index (κ3) is 11.6. The summed E-state index contributed by atoms with van der Waals surface area (Å²) in [6.45, 7) is 10.6. The predicted molar refractivity (Wildman–Crippen MR) is 167 cm³/mol. The van der Waals surface area contributed by atoms with Crippen molar-refractivity contribution in [3.8, 4) is 0 Å². The van der Waals surface area contributed by atoms with Crippen LogP contribution in [-0.2, 0) is 27.1 Å². The van der Waals surface area contributed by atoms with Gasteiger partial charge in [0.2, 0.25) is 5.28 Å². The number of hydrogen-bond donors (Lipinski definition) is 3. The van der Waals surface area contributed by atoms with Crippen LogP contribution in [-0.4, -0.2) is 65.2 Å². The van der Waals surface area contributed by atoms with Crippen LogP contribution in [0, 0.1) is 6.92 Å². The summed E-state index contributed by atoms with van der Waals surface area (Å²) >= 11 is 12.1. The van der Waals surface area contributed by atoms with E-state index in [-0.39, 0.29) is 5.28 Å². The van der Waals surface area contributed by atoms with Crippen LogP contribution in [0.15, 0.2) is 42.6 Å². The van der Waals surface area contributed by atoms with Gasteiger partial charge in [0.15, 0.2) is 5.82 Å². The summed E-state index contributed by atoms with van der Waals surface area (Å²) in [4.78, 5) is 31.8. The van der Waals surface area contributed by atoms with E-state index in [1.54, 1.807) is 0 Å². The first-order valence-corrected chi connectivity index (χ1v) is 14.6. The van der Waals surface area contributed by atoms with Crippen LogP contribution in [0.1, 0.15) is 37.5 Å². The monoisotopic (exact) mass is 671 g/mol. The van der Waals surface area contributed by atoms with Gasteiger partial charge in [-0.1, -0.05) is 23.7 Å². The molecule has 0 radical (unpaired) electrons. The molecule has 2 aromatic carbocycles. The van der Waals surface area contributed by atoms with E-state index in [1.807, 2.05) is 39.8 Å². The number of nitrogens with one attached hydrogen (secondary N) is 2. The molecule has 0 saturated carbocycles. The Labute approximate surface area is 268 Å². The van der Waals surface area contributed by atoms with Crippen molar-refractivity contribution < 1.29 is 37.3 Å². The molecule has 0 bridgehead atoms. The molecule has 4 rings (SSSR count). The molecule has 1 aromatic heterocycles. The number of anilines is 4. The fourth-order valence-electron chi connectivity index (χ4n) is 4.24. The Hall–Kier alpha value is -3.81. The molecule has 3 N–H and O–H groups in total. The number of carbonyl (C=O) groups excluding carboxylic acids is 1. The number of carbonyl (C=O) groups is 2. The number of amides is 1. The van der Waals surface area contributed by atoms with Crippen molar-refractivity contribution >= 4 is 58.1 Å². The number of aryl methyl sites for hydroxylation is 3. The minimum absolute atomic E-state index is 0.124. The minimum Gasteiger partial charge on any atom is -0.475 e. The Balaban J connectivity index is 0.000000707. The highest BCUT2D eigenvalue weighted by Gasteiger charge is 2.38. The number of aliphatic carboxylic acids is 1. The zero-order valence-corrected chi connectivity index (χ0v) is 26.6. The zero-order valence-electron chi connectivity index (χ0n) is 25.1. The van der Waals surface area contributed by atoms with Crippen LogP contribution >= 0.6 is 23.2 Å². The van der Waals surface area contributed by atoms with E-state index < -0.39 is 23.8 Å². The number of ether oxygens (including phenoxy) is 2. The molecule has 15 heteroatoms. The van der Waals surface area contributed by atoms with E-state index in [0.717, 1.165) is 59.7 Å². The summed E-state index contributed by atoms with van der Waals surface area (Å²) in [6.07, 6.45) is -2.51. The molecule has 0 aliphatic carbocycles. The molecule has 244 valence electrons. The van der Waals surface area contributed by atoms with E-state index in [0.29, 0.717) is 24.1 Å². The molecule has 2 heterocycles. The van der Waals surface area contributed by atoms with E-state index in [9.17, 15) is 18.0 Å². The number of hydrogen-bond acceptors (Lipinski definition) is 8. The number of nitrogens with zero attached hydrogens (tertiary/aromatic N) is 3. The lowest BCUT2D eigenvalue weighted by Crippen LogP contribution is -2.37. The number of morpholine rings is 1. The maximum atomic E-state index is 12.5. The van der Waals surface area contributed by atoms with Crippen LogP contribution in [0.5, 0.6) is 0 Å². The molecule has 1 fully saturated rings. The van der Waals surface area contributed by atoms with Gasteiger partial charge in [-0.15, -0.1) is 0 Å². The van der Waals surface area contributed by atoms with Crippen LogP contribution in [0.25, 0.3) is 0 Å². The average molecular weight is 673 g/mol. The average Bonchev–Trinajstić information content (AvgIpc) is 2.94. The van der Waals surface area contributed by atoms with E-state index >= 15 is 0 Å². The topological polar surface area (TPSA) is 126 Å². The normalized spacial score (nSPS) is 13.4. The second-order valence-corrected chi connectivity index (χ2v) is 11.7. The standard InChI is InChI=1S/C28H33Cl2N5O3.C2HF3O2/c1-18-14-24(35-10-12-37-13-11-35)20(16-23(18)33-27(36)38-28(2,3)4)9-8-19-6-5-7-21(15-19)32-25-22(29)17-31-26(30)34-25;3-2(4,5)1(6)7/h5-7,14-17H,8-13H2,1-4H3,(H,33,36)(H,31,32,34);(H,6,7). The van der Waals surface area contributed by atoms with Gasteiger partial charge in [-0.2, -0.15) is 18.2 Å². The van der Waals surface area contributed by atoms with Crippen LogP contribution in [0.4, 0.5) is 40.8 Å². The lowest BCUT2D eigenvalue weighted by Gasteiger charge is -2.31. The molecule has 1 aliphatic rings. The van der Waals surface area contributed by atoms with Crippen LogP contribution in [0.3, 0.4) is 0 Å². The molecular weight excluding hydrogens is 638 g/mol. The number of aromatic nitrogens is 2. The number of halogens is 5. The van der Waals surface area contributed by atoms with Crippen molar-refractivity contribution in [1.82, 2.24) is 9.97 Å². The molecule has 10 nitrogen and oxygen atoms in total. The molecular formula is C30H34Cl2F3N5O5. The number of carboxylic acid groups (broad SMARTS) is 1. The maximum absolute atomic E-state index is 12.5. The van der Waals surface area contributed by atoms with E-state index in [1.165, 1.54) is 6.20 Å². The lowest BCUT2D eigenvalue weighted by molar-refractivity contribution is -0.192. The summed E-state index contributed by atoms with van der Waals surface area (Å²) in [5, 5.41) is 13.8. The summed E-state index contributed by atoms with van der Waals surface area (Å²) in [6, 6.07) is 12.3. The maximum Gasteiger partial charge on any atom is 0.490 e. The largest absolute Gasteiger partial charge is 0.490 e. The minimum atomic E-state index is -5.08. The first-order valence-electron chi connectivity index (χ1n) is 13.8. The Kier molecular flexibility index (Phi) is 12.3. The summed E-state index contributed by atoms with van der Waals surface area (Å²) in [5.74, 6) is -2.30. The lowest BCUT2D eigenvalue weighted by atomic mass is 9.99. The highest BCUT2D eigenvalue weighted by atomic mass is 35.5. The predicted octanol–water partition coefficient (Wildman–Crippen LogP) is 7.44. The molecule has 0 unspecified atom stereocenters. The molecule has 1 amide bonds. The van der Waals surface area contributed by atoms with Crippen molar-refractivity contribution in [2.75, 3.05) is 41.8 Å². The summed E-state index contributed by atoms with van der Waals surface area (Å²) in [7, 11) is 0. The Morgan fingerprint density at radius 3 is 2.38 bits per heavy atom. The molecule has 45 heavy (non-hydrogen) atoms. The second-order valence-electron chi connectivity index (χ2n) is 11.0. The molecule has 3 aromatic rings. The summed E-state index contributed by atoms with van der Waals surface area (Å²) in [5.41, 5.74) is 5.45. The Bertz CT molecular complexity index is 1500. The fraction of sp³-hybridized carbons (Fsp3) is 0.400. The molecule has 1 saturated heterocycles. The number of benzene rings is 2. The van der Waals surface area contributed by atoms with Gasteiger partial charge in [-0.05, 0) is 93.1 Å². The smallest absolute Gasteiger partial charge is 0.475 e. The second kappa shape index (κ2) is 15.5. The van der Waals surface area contributed by atoms with Crippen molar-refractivity contribution in [3.63, 3.8) is 0 Å². The summed E-state index contributed by atoms with van der Waals surface area (Å²) < 4.78 is 42.8. The van der Waals surface area contributed by atoms with Crippen molar-refractivity contribution in [2.45, 2.75) is 52.3 Å². The van der Waals surface area contributed by atoms with Gasteiger partial charge in [0, 0.05) is 30.2 Å². The van der Waals surface area contributed by atoms with Gasteiger partial charge in [-0.3, -0.25) is 5.32 Å². The van der Waals surface area contributed by atoms with Crippen molar-refractivity contribution in [3.05, 3.63) is 69.6 Å². The molecule has 1 aliphatic heterocycles. The van der Waals surface area contributed by atoms with E-state index in [4.69, 9.17) is 42.6 Å². The SMILES string of the molecule is Cc1cc(N2CCOCC2)c(CCc2cccc(Nc3nc(Cl)ncc3Cl)c2)cc1NC(=O)OC(C)(C)C.O=C(O)C(F)(F)F.